The van der Waals surface area contributed by atoms with Crippen molar-refractivity contribution in [1.29, 1.82) is 0 Å². The lowest BCUT2D eigenvalue weighted by atomic mass is 10.1. The van der Waals surface area contributed by atoms with Gasteiger partial charge >= 0.3 is 5.97 Å². The third kappa shape index (κ3) is 2.75. The summed E-state index contributed by atoms with van der Waals surface area (Å²) in [4.78, 5) is 24.7. The number of carboxylic acid groups (broad SMARTS) is 1. The normalized spacial score (nSPS) is 9.74. The van der Waals surface area contributed by atoms with Gasteiger partial charge in [-0.15, -0.1) is 0 Å². The van der Waals surface area contributed by atoms with E-state index in [0.717, 1.165) is 10.9 Å². The molecule has 5 nitrogen and oxygen atoms in total. The summed E-state index contributed by atoms with van der Waals surface area (Å²) in [5, 5.41) is 12.4. The zero-order valence-corrected chi connectivity index (χ0v) is 10.3. The topological polar surface area (TPSA) is 82.2 Å². The second-order valence-electron chi connectivity index (χ2n) is 3.94. The average molecular weight is 256 g/mol. The average Bonchev–Trinajstić information content (AvgIpc) is 2.73. The van der Waals surface area contributed by atoms with Gasteiger partial charge in [0.1, 0.15) is 5.69 Å². The number of benzene rings is 1. The summed E-state index contributed by atoms with van der Waals surface area (Å²) in [7, 11) is 0. The number of H-pyrrole nitrogens is 1. The molecule has 1 aromatic heterocycles. The van der Waals surface area contributed by atoms with Crippen LogP contribution in [0.5, 0.6) is 0 Å². The Morgan fingerprint density at radius 3 is 2.79 bits per heavy atom. The molecule has 2 rings (SSSR count). The first-order chi connectivity index (χ1) is 9.09. The molecule has 0 spiro atoms. The van der Waals surface area contributed by atoms with Crippen molar-refractivity contribution >= 4 is 22.8 Å². The van der Waals surface area contributed by atoms with E-state index in [2.05, 4.69) is 22.1 Å². The Balaban J connectivity index is 2.42. The molecule has 2 aromatic rings. The Kier molecular flexibility index (Phi) is 3.53. The van der Waals surface area contributed by atoms with E-state index in [0.29, 0.717) is 5.56 Å². The highest BCUT2D eigenvalue weighted by atomic mass is 16.4. The number of aromatic nitrogens is 1. The minimum Gasteiger partial charge on any atom is -0.477 e. The summed E-state index contributed by atoms with van der Waals surface area (Å²) in [6.45, 7) is 1.59. The van der Waals surface area contributed by atoms with Gasteiger partial charge in [-0.1, -0.05) is 30.0 Å². The Morgan fingerprint density at radius 2 is 2.11 bits per heavy atom. The van der Waals surface area contributed by atoms with Crippen LogP contribution in [0.4, 0.5) is 0 Å². The van der Waals surface area contributed by atoms with Crippen molar-refractivity contribution in [2.75, 3.05) is 6.54 Å². The number of fused-ring (bicyclic) bond motifs is 1. The predicted molar refractivity (Wildman–Crippen MR) is 70.8 cm³/mol. The van der Waals surface area contributed by atoms with E-state index in [1.807, 2.05) is 12.1 Å². The minimum atomic E-state index is -1.06. The second-order valence-corrected chi connectivity index (χ2v) is 3.94. The number of aromatic amines is 1. The van der Waals surface area contributed by atoms with Crippen LogP contribution in [0.25, 0.3) is 10.9 Å². The highest BCUT2D eigenvalue weighted by Gasteiger charge is 2.14. The van der Waals surface area contributed by atoms with E-state index >= 15 is 0 Å². The van der Waals surface area contributed by atoms with E-state index < -0.39 is 5.97 Å². The highest BCUT2D eigenvalue weighted by molar-refractivity contribution is 5.99. The van der Waals surface area contributed by atoms with Crippen LogP contribution in [0, 0.1) is 11.8 Å². The molecule has 1 aromatic carbocycles. The van der Waals surface area contributed by atoms with Crippen LogP contribution >= 0.6 is 0 Å². The fourth-order valence-corrected chi connectivity index (χ4v) is 1.73. The van der Waals surface area contributed by atoms with Crippen LogP contribution in [0.1, 0.15) is 23.0 Å². The van der Waals surface area contributed by atoms with Gasteiger partial charge in [0.15, 0.2) is 0 Å². The summed E-state index contributed by atoms with van der Waals surface area (Å²) in [6, 6.07) is 7.24. The number of rotatable bonds is 2. The largest absolute Gasteiger partial charge is 0.477 e. The molecule has 0 unspecified atom stereocenters. The van der Waals surface area contributed by atoms with E-state index in [9.17, 15) is 9.59 Å². The standard InChI is InChI=1S/C14H12N2O3/c1-9(17)15-8-4-6-11-10-5-2-3-7-12(10)16-13(11)14(18)19/h2-3,5,7,16H,8H2,1H3,(H,15,17)(H,18,19). The zero-order chi connectivity index (χ0) is 13.8. The fourth-order valence-electron chi connectivity index (χ4n) is 1.73. The van der Waals surface area contributed by atoms with Gasteiger partial charge in [-0.25, -0.2) is 4.79 Å². The van der Waals surface area contributed by atoms with E-state index in [1.54, 1.807) is 12.1 Å². The number of para-hydroxylation sites is 1. The molecule has 1 amide bonds. The lowest BCUT2D eigenvalue weighted by Gasteiger charge is -1.93. The molecule has 96 valence electrons. The summed E-state index contributed by atoms with van der Waals surface area (Å²) >= 11 is 0. The number of carboxylic acids is 1. The van der Waals surface area contributed by atoms with Crippen molar-refractivity contribution in [2.24, 2.45) is 0 Å². The van der Waals surface area contributed by atoms with E-state index in [4.69, 9.17) is 5.11 Å². The van der Waals surface area contributed by atoms with Crippen LogP contribution in [-0.4, -0.2) is 28.5 Å². The first kappa shape index (κ1) is 12.7. The molecule has 0 fully saturated rings. The fraction of sp³-hybridized carbons (Fsp3) is 0.143. The molecule has 0 atom stereocenters. The maximum atomic E-state index is 11.2. The van der Waals surface area contributed by atoms with Crippen LogP contribution < -0.4 is 5.32 Å². The lowest BCUT2D eigenvalue weighted by molar-refractivity contribution is -0.118. The van der Waals surface area contributed by atoms with Gasteiger partial charge in [-0.05, 0) is 6.07 Å². The SMILES string of the molecule is CC(=O)NCC#Cc1c(C(=O)O)[nH]c2ccccc12. The quantitative estimate of drug-likeness (QED) is 0.709. The number of hydrogen-bond donors (Lipinski definition) is 3. The van der Waals surface area contributed by atoms with Crippen molar-refractivity contribution in [3.8, 4) is 11.8 Å². The smallest absolute Gasteiger partial charge is 0.353 e. The maximum Gasteiger partial charge on any atom is 0.353 e. The van der Waals surface area contributed by atoms with Crippen molar-refractivity contribution < 1.29 is 14.7 Å². The van der Waals surface area contributed by atoms with E-state index in [1.165, 1.54) is 6.92 Å². The molecule has 0 aliphatic heterocycles. The number of hydrogen-bond acceptors (Lipinski definition) is 2. The Bertz CT molecular complexity index is 704. The summed E-state index contributed by atoms with van der Waals surface area (Å²) in [6.07, 6.45) is 0. The summed E-state index contributed by atoms with van der Waals surface area (Å²) in [5.74, 6) is 4.31. The van der Waals surface area contributed by atoms with Crippen LogP contribution in [0.3, 0.4) is 0 Å². The van der Waals surface area contributed by atoms with Crippen molar-refractivity contribution in [3.05, 3.63) is 35.5 Å². The third-order valence-electron chi connectivity index (χ3n) is 2.56. The first-order valence-corrected chi connectivity index (χ1v) is 5.67. The van der Waals surface area contributed by atoms with Crippen molar-refractivity contribution in [3.63, 3.8) is 0 Å². The number of amides is 1. The minimum absolute atomic E-state index is 0.0662. The molecule has 0 radical (unpaired) electrons. The van der Waals surface area contributed by atoms with Gasteiger partial charge in [0, 0.05) is 17.8 Å². The molecule has 0 aliphatic carbocycles. The van der Waals surface area contributed by atoms with Gasteiger partial charge in [0.25, 0.3) is 0 Å². The molecule has 0 bridgehead atoms. The van der Waals surface area contributed by atoms with Gasteiger partial charge < -0.3 is 15.4 Å². The van der Waals surface area contributed by atoms with Crippen molar-refractivity contribution in [1.82, 2.24) is 10.3 Å². The highest BCUT2D eigenvalue weighted by Crippen LogP contribution is 2.21. The molecular weight excluding hydrogens is 244 g/mol. The zero-order valence-electron chi connectivity index (χ0n) is 10.3. The number of carbonyl (C=O) groups excluding carboxylic acids is 1. The van der Waals surface area contributed by atoms with Crippen LogP contribution in [-0.2, 0) is 4.79 Å². The van der Waals surface area contributed by atoms with Crippen molar-refractivity contribution in [2.45, 2.75) is 6.92 Å². The molecule has 1 heterocycles. The molecule has 19 heavy (non-hydrogen) atoms. The molecular formula is C14H12N2O3. The number of carbonyl (C=O) groups is 2. The monoisotopic (exact) mass is 256 g/mol. The lowest BCUT2D eigenvalue weighted by Crippen LogP contribution is -2.19. The van der Waals surface area contributed by atoms with Gasteiger partial charge in [-0.2, -0.15) is 0 Å². The van der Waals surface area contributed by atoms with Gasteiger partial charge in [0.05, 0.1) is 12.1 Å². The first-order valence-electron chi connectivity index (χ1n) is 5.67. The summed E-state index contributed by atoms with van der Waals surface area (Å²) < 4.78 is 0. The number of aromatic carboxylic acids is 1. The third-order valence-corrected chi connectivity index (χ3v) is 2.56. The molecule has 3 N–H and O–H groups in total. The second kappa shape index (κ2) is 5.27. The van der Waals surface area contributed by atoms with Crippen LogP contribution in [0.2, 0.25) is 0 Å². The summed E-state index contributed by atoms with van der Waals surface area (Å²) in [5.41, 5.74) is 1.23. The Morgan fingerprint density at radius 1 is 1.37 bits per heavy atom. The predicted octanol–water partition coefficient (Wildman–Crippen LogP) is 1.35. The Hall–Kier alpha value is -2.74. The van der Waals surface area contributed by atoms with Gasteiger partial charge in [0.2, 0.25) is 5.91 Å². The molecule has 0 saturated heterocycles. The molecule has 0 saturated carbocycles. The molecule has 0 aliphatic rings. The van der Waals surface area contributed by atoms with Crippen LogP contribution in [0.15, 0.2) is 24.3 Å². The molecule has 5 heteroatoms. The van der Waals surface area contributed by atoms with E-state index in [-0.39, 0.29) is 18.1 Å². The maximum absolute atomic E-state index is 11.2. The number of nitrogens with one attached hydrogen (secondary N) is 2. The van der Waals surface area contributed by atoms with Gasteiger partial charge in [-0.3, -0.25) is 4.79 Å². The Labute approximate surface area is 109 Å².